The van der Waals surface area contributed by atoms with Crippen LogP contribution in [-0.4, -0.2) is 17.6 Å². The molecule has 0 aliphatic heterocycles. The van der Waals surface area contributed by atoms with Crippen LogP contribution in [-0.2, 0) is 11.2 Å². The van der Waals surface area contributed by atoms with Crippen molar-refractivity contribution in [1.29, 1.82) is 0 Å². The Morgan fingerprint density at radius 1 is 1.38 bits per heavy atom. The predicted octanol–water partition coefficient (Wildman–Crippen LogP) is 3.32. The van der Waals surface area contributed by atoms with Gasteiger partial charge in [-0.15, -0.1) is 11.3 Å². The van der Waals surface area contributed by atoms with Crippen molar-refractivity contribution in [2.45, 2.75) is 12.8 Å². The minimum atomic E-state index is -0.0926. The first-order valence-electron chi connectivity index (χ1n) is 6.40. The first-order valence-corrected chi connectivity index (χ1v) is 7.66. The van der Waals surface area contributed by atoms with Gasteiger partial charge in [-0.1, -0.05) is 29.5 Å². The number of aliphatic hydroxyl groups is 1. The summed E-state index contributed by atoms with van der Waals surface area (Å²) in [6.45, 7) is 0.00758. The molecule has 0 saturated heterocycles. The Labute approximate surface area is 132 Å². The van der Waals surface area contributed by atoms with Gasteiger partial charge in [0.2, 0.25) is 5.91 Å². The van der Waals surface area contributed by atoms with Gasteiger partial charge in [0.05, 0.1) is 18.7 Å². The summed E-state index contributed by atoms with van der Waals surface area (Å²) < 4.78 is 0. The molecule has 2 rings (SSSR count). The maximum Gasteiger partial charge on any atom is 0.229 e. The van der Waals surface area contributed by atoms with Crippen molar-refractivity contribution in [2.75, 3.05) is 11.9 Å². The first kappa shape index (κ1) is 15.6. The third-order valence-electron chi connectivity index (χ3n) is 2.63. The van der Waals surface area contributed by atoms with E-state index >= 15 is 0 Å². The Morgan fingerprint density at radius 2 is 2.24 bits per heavy atom. The topological polar surface area (TPSA) is 49.3 Å². The predicted molar refractivity (Wildman–Crippen MR) is 86.7 cm³/mol. The zero-order valence-corrected chi connectivity index (χ0v) is 12.8. The summed E-state index contributed by atoms with van der Waals surface area (Å²) >= 11 is 7.50. The molecule has 0 bridgehead atoms. The van der Waals surface area contributed by atoms with E-state index in [0.29, 0.717) is 29.1 Å². The van der Waals surface area contributed by atoms with Gasteiger partial charge in [-0.2, -0.15) is 0 Å². The van der Waals surface area contributed by atoms with Crippen molar-refractivity contribution in [3.63, 3.8) is 0 Å². The van der Waals surface area contributed by atoms with E-state index in [9.17, 15) is 4.79 Å². The summed E-state index contributed by atoms with van der Waals surface area (Å²) in [5, 5.41) is 14.1. The molecule has 0 unspecified atom stereocenters. The van der Waals surface area contributed by atoms with Crippen LogP contribution in [0.1, 0.15) is 16.9 Å². The van der Waals surface area contributed by atoms with Crippen molar-refractivity contribution >= 4 is 34.5 Å². The van der Waals surface area contributed by atoms with Crippen LogP contribution in [0.25, 0.3) is 0 Å². The number of amides is 1. The number of rotatable bonds is 4. The summed E-state index contributed by atoms with van der Waals surface area (Å²) in [5.41, 5.74) is 1.28. The Balaban J connectivity index is 2.12. The molecular formula is C16H14ClNO2S. The number of halogens is 1. The molecule has 21 heavy (non-hydrogen) atoms. The van der Waals surface area contributed by atoms with Crippen LogP contribution in [0.2, 0.25) is 5.02 Å². The van der Waals surface area contributed by atoms with E-state index in [1.54, 1.807) is 29.5 Å². The minimum absolute atomic E-state index is 0.00758. The highest BCUT2D eigenvalue weighted by Crippen LogP contribution is 2.20. The Morgan fingerprint density at radius 3 is 2.95 bits per heavy atom. The summed E-state index contributed by atoms with van der Waals surface area (Å²) in [5.74, 6) is 5.65. The highest BCUT2D eigenvalue weighted by atomic mass is 35.5. The molecule has 0 fully saturated rings. The molecule has 0 radical (unpaired) electrons. The van der Waals surface area contributed by atoms with Gasteiger partial charge in [0.1, 0.15) is 0 Å². The normalized spacial score (nSPS) is 9.81. The molecule has 5 heteroatoms. The van der Waals surface area contributed by atoms with E-state index in [1.165, 1.54) is 0 Å². The highest BCUT2D eigenvalue weighted by Gasteiger charge is 2.08. The molecule has 1 heterocycles. The van der Waals surface area contributed by atoms with Crippen molar-refractivity contribution in [2.24, 2.45) is 0 Å². The second-order valence-corrected chi connectivity index (χ2v) is 5.74. The van der Waals surface area contributed by atoms with Gasteiger partial charge in [0.15, 0.2) is 0 Å². The average Bonchev–Trinajstić information content (AvgIpc) is 2.95. The lowest BCUT2D eigenvalue weighted by Gasteiger charge is -2.07. The molecule has 2 N–H and O–H groups in total. The lowest BCUT2D eigenvalue weighted by molar-refractivity contribution is -0.115. The second kappa shape index (κ2) is 7.84. The molecule has 0 spiro atoms. The Hall–Kier alpha value is -1.80. The van der Waals surface area contributed by atoms with E-state index in [4.69, 9.17) is 16.7 Å². The molecule has 1 amide bonds. The molecule has 108 valence electrons. The second-order valence-electron chi connectivity index (χ2n) is 4.27. The van der Waals surface area contributed by atoms with E-state index in [-0.39, 0.29) is 12.5 Å². The number of hydrogen-bond acceptors (Lipinski definition) is 3. The quantitative estimate of drug-likeness (QED) is 0.849. The molecule has 0 atom stereocenters. The fourth-order valence-electron chi connectivity index (χ4n) is 1.71. The van der Waals surface area contributed by atoms with E-state index in [0.717, 1.165) is 4.88 Å². The van der Waals surface area contributed by atoms with Gasteiger partial charge in [0.25, 0.3) is 0 Å². The van der Waals surface area contributed by atoms with Gasteiger partial charge < -0.3 is 10.4 Å². The largest absolute Gasteiger partial charge is 0.395 e. The average molecular weight is 320 g/mol. The van der Waals surface area contributed by atoms with Gasteiger partial charge in [-0.05, 0) is 29.6 Å². The zero-order chi connectivity index (χ0) is 15.1. The molecule has 1 aromatic heterocycles. The van der Waals surface area contributed by atoms with Gasteiger partial charge in [-0.3, -0.25) is 4.79 Å². The number of anilines is 1. The van der Waals surface area contributed by atoms with Crippen LogP contribution >= 0.6 is 22.9 Å². The number of carbonyl (C=O) groups excluding carboxylic acids is 1. The fraction of sp³-hybridized carbons (Fsp3) is 0.188. The lowest BCUT2D eigenvalue weighted by atomic mass is 10.1. The fourth-order valence-corrected chi connectivity index (χ4v) is 2.58. The van der Waals surface area contributed by atoms with Crippen molar-refractivity contribution in [3.05, 3.63) is 51.2 Å². The van der Waals surface area contributed by atoms with Gasteiger partial charge in [0, 0.05) is 21.9 Å². The number of thiophene rings is 1. The lowest BCUT2D eigenvalue weighted by Crippen LogP contribution is -2.14. The maximum atomic E-state index is 12.0. The summed E-state index contributed by atoms with van der Waals surface area (Å²) in [7, 11) is 0. The summed E-state index contributed by atoms with van der Waals surface area (Å²) in [6.07, 6.45) is 0.721. The van der Waals surface area contributed by atoms with Crippen LogP contribution in [0.5, 0.6) is 0 Å². The SMILES string of the molecule is O=C(Cc1cccs1)Nc1ccc(Cl)cc1C#CCCO. The molecular weight excluding hydrogens is 306 g/mol. The first-order chi connectivity index (χ1) is 10.2. The van der Waals surface area contributed by atoms with E-state index in [2.05, 4.69) is 17.2 Å². The molecule has 3 nitrogen and oxygen atoms in total. The molecule has 0 aliphatic carbocycles. The zero-order valence-electron chi connectivity index (χ0n) is 11.2. The van der Waals surface area contributed by atoms with Crippen LogP contribution in [0.15, 0.2) is 35.7 Å². The van der Waals surface area contributed by atoms with Crippen LogP contribution in [0.4, 0.5) is 5.69 Å². The minimum Gasteiger partial charge on any atom is -0.395 e. The third-order valence-corrected chi connectivity index (χ3v) is 3.74. The number of benzene rings is 1. The molecule has 0 saturated carbocycles. The molecule has 1 aromatic carbocycles. The number of hydrogen-bond donors (Lipinski definition) is 2. The standard InChI is InChI=1S/C16H14ClNO2S/c17-13-6-7-15(12(10-13)4-1-2-8-19)18-16(20)11-14-5-3-9-21-14/h3,5-7,9-10,19H,2,8,11H2,(H,18,20). The van der Waals surface area contributed by atoms with Gasteiger partial charge in [-0.25, -0.2) is 0 Å². The smallest absolute Gasteiger partial charge is 0.229 e. The maximum absolute atomic E-state index is 12.0. The monoisotopic (exact) mass is 319 g/mol. The number of aliphatic hydroxyl groups excluding tert-OH is 1. The third kappa shape index (κ3) is 4.91. The highest BCUT2D eigenvalue weighted by molar-refractivity contribution is 7.10. The number of nitrogens with one attached hydrogen (secondary N) is 1. The Bertz CT molecular complexity index is 671. The van der Waals surface area contributed by atoms with Crippen LogP contribution in [0.3, 0.4) is 0 Å². The van der Waals surface area contributed by atoms with E-state index < -0.39 is 0 Å². The van der Waals surface area contributed by atoms with Crippen molar-refractivity contribution < 1.29 is 9.90 Å². The summed E-state index contributed by atoms with van der Waals surface area (Å²) in [4.78, 5) is 13.0. The van der Waals surface area contributed by atoms with Gasteiger partial charge >= 0.3 is 0 Å². The molecule has 2 aromatic rings. The van der Waals surface area contributed by atoms with Crippen LogP contribution in [0, 0.1) is 11.8 Å². The Kier molecular flexibility index (Phi) is 5.82. The number of carbonyl (C=O) groups is 1. The summed E-state index contributed by atoms with van der Waals surface area (Å²) in [6, 6.07) is 8.99. The van der Waals surface area contributed by atoms with Crippen molar-refractivity contribution in [1.82, 2.24) is 0 Å². The van der Waals surface area contributed by atoms with E-state index in [1.807, 2.05) is 17.5 Å². The molecule has 0 aliphatic rings. The van der Waals surface area contributed by atoms with Crippen LogP contribution < -0.4 is 5.32 Å². The van der Waals surface area contributed by atoms with Crippen molar-refractivity contribution in [3.8, 4) is 11.8 Å².